The molecule has 1 rings (SSSR count). The van der Waals surface area contributed by atoms with Crippen LogP contribution < -0.4 is 5.32 Å². The zero-order valence-electron chi connectivity index (χ0n) is 9.80. The fourth-order valence-electron chi connectivity index (χ4n) is 1.57. The number of nitrogens with one attached hydrogen (secondary N) is 1. The molecule has 0 aromatic rings. The standard InChI is InChI=1S/C11H23NOS/c1-9-10(5-7-13-9)14-8-6-12-11(2,3)4/h9-10,12H,5-8H2,1-4H3. The van der Waals surface area contributed by atoms with Crippen molar-refractivity contribution in [2.45, 2.75) is 51.0 Å². The number of rotatable bonds is 4. The molecule has 0 amide bonds. The van der Waals surface area contributed by atoms with E-state index in [9.17, 15) is 0 Å². The van der Waals surface area contributed by atoms with E-state index in [2.05, 4.69) is 33.0 Å². The first-order chi connectivity index (χ1) is 6.49. The minimum atomic E-state index is 0.248. The highest BCUT2D eigenvalue weighted by Crippen LogP contribution is 2.25. The summed E-state index contributed by atoms with van der Waals surface area (Å²) in [5.74, 6) is 1.19. The van der Waals surface area contributed by atoms with Crippen molar-refractivity contribution in [2.24, 2.45) is 0 Å². The molecule has 0 aromatic carbocycles. The Morgan fingerprint density at radius 2 is 2.14 bits per heavy atom. The molecule has 0 spiro atoms. The van der Waals surface area contributed by atoms with E-state index in [-0.39, 0.29) is 5.54 Å². The molecule has 1 aliphatic rings. The summed E-state index contributed by atoms with van der Waals surface area (Å²) in [6.45, 7) is 10.8. The van der Waals surface area contributed by atoms with E-state index in [1.807, 2.05) is 11.8 Å². The van der Waals surface area contributed by atoms with E-state index >= 15 is 0 Å². The number of ether oxygens (including phenoxy) is 1. The van der Waals surface area contributed by atoms with E-state index < -0.39 is 0 Å². The van der Waals surface area contributed by atoms with Crippen LogP contribution >= 0.6 is 11.8 Å². The summed E-state index contributed by atoms with van der Waals surface area (Å²) in [5, 5.41) is 4.22. The van der Waals surface area contributed by atoms with Crippen molar-refractivity contribution in [3.8, 4) is 0 Å². The molecule has 0 bridgehead atoms. The molecule has 1 fully saturated rings. The van der Waals surface area contributed by atoms with Crippen LogP contribution in [-0.2, 0) is 4.74 Å². The Hall–Kier alpha value is 0.270. The largest absolute Gasteiger partial charge is 0.377 e. The van der Waals surface area contributed by atoms with Gasteiger partial charge in [-0.05, 0) is 34.1 Å². The minimum absolute atomic E-state index is 0.248. The van der Waals surface area contributed by atoms with Crippen molar-refractivity contribution >= 4 is 11.8 Å². The Balaban J connectivity index is 2.04. The van der Waals surface area contributed by atoms with Crippen LogP contribution in [0, 0.1) is 0 Å². The van der Waals surface area contributed by atoms with Crippen LogP contribution in [0.1, 0.15) is 34.1 Å². The van der Waals surface area contributed by atoms with E-state index in [0.29, 0.717) is 6.10 Å². The molecular formula is C11H23NOS. The van der Waals surface area contributed by atoms with Gasteiger partial charge in [-0.25, -0.2) is 0 Å². The van der Waals surface area contributed by atoms with Crippen LogP contribution in [0.25, 0.3) is 0 Å². The van der Waals surface area contributed by atoms with Gasteiger partial charge < -0.3 is 10.1 Å². The Morgan fingerprint density at radius 1 is 1.43 bits per heavy atom. The Bertz CT molecular complexity index is 167. The maximum atomic E-state index is 5.52. The summed E-state index contributed by atoms with van der Waals surface area (Å²) < 4.78 is 5.52. The van der Waals surface area contributed by atoms with Crippen molar-refractivity contribution in [1.29, 1.82) is 0 Å². The van der Waals surface area contributed by atoms with Gasteiger partial charge in [-0.15, -0.1) is 0 Å². The van der Waals surface area contributed by atoms with E-state index in [4.69, 9.17) is 4.74 Å². The molecule has 0 radical (unpaired) electrons. The summed E-state index contributed by atoms with van der Waals surface area (Å²) in [4.78, 5) is 0. The van der Waals surface area contributed by atoms with Crippen molar-refractivity contribution in [2.75, 3.05) is 18.9 Å². The molecule has 2 atom stereocenters. The Kier molecular flexibility index (Phi) is 4.74. The highest BCUT2D eigenvalue weighted by atomic mass is 32.2. The van der Waals surface area contributed by atoms with Gasteiger partial charge in [0, 0.05) is 29.7 Å². The monoisotopic (exact) mass is 217 g/mol. The van der Waals surface area contributed by atoms with Gasteiger partial charge in [-0.1, -0.05) is 0 Å². The zero-order valence-corrected chi connectivity index (χ0v) is 10.6. The van der Waals surface area contributed by atoms with Crippen LogP contribution in [0.15, 0.2) is 0 Å². The zero-order chi connectivity index (χ0) is 10.6. The average Bonchev–Trinajstić information content (AvgIpc) is 2.44. The first-order valence-corrected chi connectivity index (χ1v) is 6.52. The molecule has 0 saturated carbocycles. The third kappa shape index (κ3) is 4.67. The van der Waals surface area contributed by atoms with Gasteiger partial charge >= 0.3 is 0 Å². The van der Waals surface area contributed by atoms with Crippen molar-refractivity contribution < 1.29 is 4.74 Å². The van der Waals surface area contributed by atoms with Gasteiger partial charge in [0.15, 0.2) is 0 Å². The molecule has 1 aliphatic heterocycles. The fraction of sp³-hybridized carbons (Fsp3) is 1.00. The third-order valence-corrected chi connectivity index (χ3v) is 3.88. The third-order valence-electron chi connectivity index (χ3n) is 2.40. The molecule has 84 valence electrons. The summed E-state index contributed by atoms with van der Waals surface area (Å²) >= 11 is 2.05. The number of hydrogen-bond acceptors (Lipinski definition) is 3. The molecule has 3 heteroatoms. The second-order valence-corrected chi connectivity index (χ2v) is 6.30. The van der Waals surface area contributed by atoms with Crippen LogP contribution in [0.2, 0.25) is 0 Å². The predicted molar refractivity (Wildman–Crippen MR) is 64.0 cm³/mol. The summed E-state index contributed by atoms with van der Waals surface area (Å²) in [6.07, 6.45) is 1.68. The van der Waals surface area contributed by atoms with Crippen molar-refractivity contribution in [3.63, 3.8) is 0 Å². The summed E-state index contributed by atoms with van der Waals surface area (Å²) in [5.41, 5.74) is 0.248. The van der Waals surface area contributed by atoms with Crippen molar-refractivity contribution in [3.05, 3.63) is 0 Å². The normalized spacial score (nSPS) is 28.3. The van der Waals surface area contributed by atoms with Crippen LogP contribution in [0.5, 0.6) is 0 Å². The Labute approximate surface area is 92.2 Å². The quantitative estimate of drug-likeness (QED) is 0.730. The second kappa shape index (κ2) is 5.38. The summed E-state index contributed by atoms with van der Waals surface area (Å²) in [7, 11) is 0. The molecule has 1 heterocycles. The van der Waals surface area contributed by atoms with E-state index in [0.717, 1.165) is 18.4 Å². The topological polar surface area (TPSA) is 21.3 Å². The molecule has 1 saturated heterocycles. The average molecular weight is 217 g/mol. The lowest BCUT2D eigenvalue weighted by molar-refractivity contribution is 0.127. The lowest BCUT2D eigenvalue weighted by atomic mass is 10.1. The van der Waals surface area contributed by atoms with E-state index in [1.165, 1.54) is 12.2 Å². The van der Waals surface area contributed by atoms with Crippen LogP contribution in [-0.4, -0.2) is 35.8 Å². The lowest BCUT2D eigenvalue weighted by Gasteiger charge is -2.21. The summed E-state index contributed by atoms with van der Waals surface area (Å²) in [6, 6.07) is 0. The second-order valence-electron chi connectivity index (χ2n) is 4.95. The smallest absolute Gasteiger partial charge is 0.0666 e. The molecular weight excluding hydrogens is 194 g/mol. The lowest BCUT2D eigenvalue weighted by Crippen LogP contribution is -2.37. The molecule has 2 unspecified atom stereocenters. The molecule has 2 nitrogen and oxygen atoms in total. The predicted octanol–water partition coefficient (Wildman–Crippen LogP) is 2.29. The molecule has 14 heavy (non-hydrogen) atoms. The highest BCUT2D eigenvalue weighted by Gasteiger charge is 2.24. The maximum Gasteiger partial charge on any atom is 0.0666 e. The van der Waals surface area contributed by atoms with Crippen molar-refractivity contribution in [1.82, 2.24) is 5.32 Å². The van der Waals surface area contributed by atoms with Gasteiger partial charge in [0.2, 0.25) is 0 Å². The fourth-order valence-corrected chi connectivity index (χ4v) is 2.70. The van der Waals surface area contributed by atoms with Gasteiger partial charge in [-0.3, -0.25) is 0 Å². The highest BCUT2D eigenvalue weighted by molar-refractivity contribution is 8.00. The van der Waals surface area contributed by atoms with E-state index in [1.54, 1.807) is 0 Å². The SMILES string of the molecule is CC1OCCC1SCCNC(C)(C)C. The maximum absolute atomic E-state index is 5.52. The minimum Gasteiger partial charge on any atom is -0.377 e. The molecule has 0 aliphatic carbocycles. The number of hydrogen-bond donors (Lipinski definition) is 1. The molecule has 1 N–H and O–H groups in total. The number of thioether (sulfide) groups is 1. The first-order valence-electron chi connectivity index (χ1n) is 5.47. The van der Waals surface area contributed by atoms with Gasteiger partial charge in [-0.2, -0.15) is 11.8 Å². The van der Waals surface area contributed by atoms with Crippen LogP contribution in [0.4, 0.5) is 0 Å². The Morgan fingerprint density at radius 3 is 2.64 bits per heavy atom. The van der Waals surface area contributed by atoms with Gasteiger partial charge in [0.25, 0.3) is 0 Å². The van der Waals surface area contributed by atoms with Crippen LogP contribution in [0.3, 0.4) is 0 Å². The van der Waals surface area contributed by atoms with Gasteiger partial charge in [0.05, 0.1) is 6.10 Å². The first kappa shape index (κ1) is 12.3. The van der Waals surface area contributed by atoms with Gasteiger partial charge in [0.1, 0.15) is 0 Å². The molecule has 0 aromatic heterocycles.